The first-order chi connectivity index (χ1) is 13.3. The first kappa shape index (κ1) is 22.4. The molecule has 2 aromatic carbocycles. The van der Waals surface area contributed by atoms with Gasteiger partial charge in [0.2, 0.25) is 0 Å². The molecule has 2 N–H and O–H groups in total. The number of benzene rings is 2. The fourth-order valence-electron chi connectivity index (χ4n) is 2.87. The minimum absolute atomic E-state index is 0.824. The number of hydrogen-bond acceptors (Lipinski definition) is 4. The summed E-state index contributed by atoms with van der Waals surface area (Å²) in [6.07, 6.45) is 0. The van der Waals surface area contributed by atoms with Gasteiger partial charge in [-0.05, 0) is 29.3 Å². The highest BCUT2D eigenvalue weighted by Gasteiger charge is 2.17. The quantitative estimate of drug-likeness (QED) is 0.666. The van der Waals surface area contributed by atoms with Crippen molar-refractivity contribution >= 4 is 39.5 Å². The molecule has 8 heteroatoms. The van der Waals surface area contributed by atoms with Crippen LogP contribution < -0.4 is 0 Å². The molecule has 0 atom stereocenters. The Morgan fingerprint density at radius 1 is 0.893 bits per heavy atom. The molecule has 1 aliphatic rings. The van der Waals surface area contributed by atoms with Gasteiger partial charge in [0.05, 0.1) is 0 Å². The Morgan fingerprint density at radius 2 is 1.46 bits per heavy atom. The van der Waals surface area contributed by atoms with Gasteiger partial charge in [-0.2, -0.15) is 0 Å². The number of nitrogens with zero attached hydrogens (tertiary/aromatic N) is 2. The van der Waals surface area contributed by atoms with Crippen molar-refractivity contribution in [2.24, 2.45) is 0 Å². The van der Waals surface area contributed by atoms with Crippen LogP contribution in [0, 0.1) is 0 Å². The zero-order valence-electron chi connectivity index (χ0n) is 15.2. The molecule has 0 unspecified atom stereocenters. The Balaban J connectivity index is 0.000000409. The highest BCUT2D eigenvalue weighted by Crippen LogP contribution is 2.19. The molecule has 1 saturated heterocycles. The van der Waals surface area contributed by atoms with E-state index < -0.39 is 11.9 Å². The highest BCUT2D eigenvalue weighted by atomic mass is 79.9. The van der Waals surface area contributed by atoms with E-state index in [2.05, 4.69) is 62.1 Å². The van der Waals surface area contributed by atoms with Crippen molar-refractivity contribution in [3.63, 3.8) is 0 Å². The first-order valence-electron chi connectivity index (χ1n) is 8.74. The second kappa shape index (κ2) is 11.2. The smallest absolute Gasteiger partial charge is 0.414 e. The molecule has 0 bridgehead atoms. The monoisotopic (exact) mass is 468 g/mol. The molecule has 0 radical (unpaired) electrons. The lowest BCUT2D eigenvalue weighted by atomic mass is 10.1. The summed E-state index contributed by atoms with van der Waals surface area (Å²) in [5, 5.41) is 15.6. The Bertz CT molecular complexity index is 798. The van der Waals surface area contributed by atoms with Crippen molar-refractivity contribution in [3.8, 4) is 0 Å². The number of rotatable bonds is 4. The third-order valence-corrected chi connectivity index (χ3v) is 5.30. The fourth-order valence-corrected chi connectivity index (χ4v) is 3.49. The van der Waals surface area contributed by atoms with Crippen LogP contribution >= 0.6 is 27.5 Å². The van der Waals surface area contributed by atoms with Gasteiger partial charge < -0.3 is 10.2 Å². The van der Waals surface area contributed by atoms with Gasteiger partial charge in [0, 0.05) is 48.8 Å². The van der Waals surface area contributed by atoms with E-state index in [1.54, 1.807) is 0 Å². The molecule has 1 heterocycles. The fraction of sp³-hybridized carbons (Fsp3) is 0.300. The minimum Gasteiger partial charge on any atom is -0.473 e. The third kappa shape index (κ3) is 7.59. The number of aliphatic carboxylic acids is 2. The molecule has 28 heavy (non-hydrogen) atoms. The van der Waals surface area contributed by atoms with Gasteiger partial charge in [-0.1, -0.05) is 57.9 Å². The van der Waals surface area contributed by atoms with E-state index in [1.165, 1.54) is 15.6 Å². The summed E-state index contributed by atoms with van der Waals surface area (Å²) in [5.74, 6) is -3.65. The van der Waals surface area contributed by atoms with Crippen molar-refractivity contribution in [3.05, 3.63) is 69.2 Å². The molecule has 0 aromatic heterocycles. The van der Waals surface area contributed by atoms with Crippen molar-refractivity contribution in [1.29, 1.82) is 0 Å². The molecule has 0 amide bonds. The largest absolute Gasteiger partial charge is 0.473 e. The maximum absolute atomic E-state index is 9.10. The van der Waals surface area contributed by atoms with E-state index in [0.29, 0.717) is 0 Å². The van der Waals surface area contributed by atoms with Crippen molar-refractivity contribution in [2.45, 2.75) is 13.1 Å². The van der Waals surface area contributed by atoms with Gasteiger partial charge in [-0.25, -0.2) is 9.59 Å². The highest BCUT2D eigenvalue weighted by molar-refractivity contribution is 9.10. The molecule has 3 rings (SSSR count). The Kier molecular flexibility index (Phi) is 8.92. The number of carboxylic acids is 2. The molecule has 1 fully saturated rings. The van der Waals surface area contributed by atoms with Crippen molar-refractivity contribution < 1.29 is 19.8 Å². The second-order valence-corrected chi connectivity index (χ2v) is 7.67. The zero-order chi connectivity index (χ0) is 20.5. The summed E-state index contributed by atoms with van der Waals surface area (Å²) in [6.45, 7) is 6.45. The summed E-state index contributed by atoms with van der Waals surface area (Å²) >= 11 is 9.70. The normalized spacial score (nSPS) is 14.8. The molecule has 0 aliphatic carbocycles. The van der Waals surface area contributed by atoms with Crippen LogP contribution in [-0.2, 0) is 22.7 Å². The van der Waals surface area contributed by atoms with Crippen LogP contribution in [0.25, 0.3) is 0 Å². The van der Waals surface area contributed by atoms with Crippen LogP contribution in [0.4, 0.5) is 0 Å². The number of piperazine rings is 1. The Morgan fingerprint density at radius 3 is 2.00 bits per heavy atom. The molecular formula is C20H22BrClN2O4. The number of hydrogen-bond donors (Lipinski definition) is 2. The van der Waals surface area contributed by atoms with E-state index >= 15 is 0 Å². The van der Waals surface area contributed by atoms with Gasteiger partial charge in [0.1, 0.15) is 0 Å². The van der Waals surface area contributed by atoms with E-state index in [4.69, 9.17) is 31.4 Å². The van der Waals surface area contributed by atoms with Crippen LogP contribution in [0.1, 0.15) is 11.1 Å². The predicted octanol–water partition coefficient (Wildman–Crippen LogP) is 3.58. The van der Waals surface area contributed by atoms with Crippen molar-refractivity contribution in [1.82, 2.24) is 9.80 Å². The summed E-state index contributed by atoms with van der Waals surface area (Å²) < 4.78 is 1.20. The van der Waals surface area contributed by atoms with E-state index in [1.807, 2.05) is 12.1 Å². The first-order valence-corrected chi connectivity index (χ1v) is 9.91. The van der Waals surface area contributed by atoms with Crippen LogP contribution in [0.2, 0.25) is 5.02 Å². The number of carboxylic acid groups (broad SMARTS) is 2. The van der Waals surface area contributed by atoms with Crippen LogP contribution in [-0.4, -0.2) is 58.1 Å². The van der Waals surface area contributed by atoms with Gasteiger partial charge in [-0.3, -0.25) is 9.80 Å². The summed E-state index contributed by atoms with van der Waals surface area (Å²) in [7, 11) is 0. The van der Waals surface area contributed by atoms with Crippen LogP contribution in [0.3, 0.4) is 0 Å². The number of carbonyl (C=O) groups is 2. The molecule has 1 aliphatic heterocycles. The predicted molar refractivity (Wildman–Crippen MR) is 111 cm³/mol. The lowest BCUT2D eigenvalue weighted by molar-refractivity contribution is -0.159. The molecule has 2 aromatic rings. The average molecular weight is 470 g/mol. The van der Waals surface area contributed by atoms with Gasteiger partial charge >= 0.3 is 11.9 Å². The van der Waals surface area contributed by atoms with E-state index in [0.717, 1.165) is 44.3 Å². The SMILES string of the molecule is Clc1cccc(CN2CCN(Cc3ccccc3Br)CC2)c1.O=C(O)C(=O)O. The summed E-state index contributed by atoms with van der Waals surface area (Å²) in [5.41, 5.74) is 2.66. The van der Waals surface area contributed by atoms with Crippen molar-refractivity contribution in [2.75, 3.05) is 26.2 Å². The van der Waals surface area contributed by atoms with Gasteiger partial charge in [0.15, 0.2) is 0 Å². The summed E-state index contributed by atoms with van der Waals surface area (Å²) in [4.78, 5) is 23.2. The molecule has 0 saturated carbocycles. The van der Waals surface area contributed by atoms with E-state index in [-0.39, 0.29) is 0 Å². The minimum atomic E-state index is -1.82. The zero-order valence-corrected chi connectivity index (χ0v) is 17.6. The summed E-state index contributed by atoms with van der Waals surface area (Å²) in [6, 6.07) is 16.7. The van der Waals surface area contributed by atoms with E-state index in [9.17, 15) is 0 Å². The van der Waals surface area contributed by atoms with Crippen LogP contribution in [0.5, 0.6) is 0 Å². The Labute approximate surface area is 177 Å². The average Bonchev–Trinajstić information content (AvgIpc) is 2.66. The maximum Gasteiger partial charge on any atom is 0.414 e. The maximum atomic E-state index is 9.10. The van der Waals surface area contributed by atoms with Crippen LogP contribution in [0.15, 0.2) is 53.0 Å². The molecule has 6 nitrogen and oxygen atoms in total. The number of halogens is 2. The lowest BCUT2D eigenvalue weighted by Crippen LogP contribution is -2.45. The molecule has 0 spiro atoms. The molecule has 150 valence electrons. The Hall–Kier alpha value is -1.93. The van der Waals surface area contributed by atoms with Gasteiger partial charge in [-0.15, -0.1) is 0 Å². The lowest BCUT2D eigenvalue weighted by Gasteiger charge is -2.35. The standard InChI is InChI=1S/C18H20BrClN2.C2H2O4/c19-18-7-2-1-5-16(18)14-22-10-8-21(9-11-22)13-15-4-3-6-17(20)12-15;3-1(4)2(5)6/h1-7,12H,8-11,13-14H2;(H,3,4)(H,5,6). The third-order valence-electron chi connectivity index (χ3n) is 4.29. The second-order valence-electron chi connectivity index (χ2n) is 6.38. The topological polar surface area (TPSA) is 81.1 Å². The van der Waals surface area contributed by atoms with Gasteiger partial charge in [0.25, 0.3) is 0 Å². The molecular weight excluding hydrogens is 448 g/mol.